The molecule has 3 aromatic rings. The number of hydrogen-bond donors (Lipinski definition) is 2. The van der Waals surface area contributed by atoms with Gasteiger partial charge in [-0.05, 0) is 18.6 Å². The van der Waals surface area contributed by atoms with E-state index in [0.717, 1.165) is 5.56 Å². The van der Waals surface area contributed by atoms with Crippen LogP contribution in [0, 0.1) is 0 Å². The Bertz CT molecular complexity index is 1330. The Morgan fingerprint density at radius 1 is 0.800 bits per heavy atom. The molecule has 0 saturated carbocycles. The topological polar surface area (TPSA) is 119 Å². The van der Waals surface area contributed by atoms with E-state index in [1.807, 2.05) is 18.2 Å². The van der Waals surface area contributed by atoms with Crippen molar-refractivity contribution in [2.24, 2.45) is 0 Å². The summed E-state index contributed by atoms with van der Waals surface area (Å²) in [5.41, 5.74) is 1.81. The summed E-state index contributed by atoms with van der Waals surface area (Å²) in [5, 5.41) is 5.04. The molecule has 0 aliphatic heterocycles. The first-order valence-corrected chi connectivity index (χ1v) is 11.0. The van der Waals surface area contributed by atoms with Crippen molar-refractivity contribution in [3.05, 3.63) is 101 Å². The molecule has 2 N–H and O–H groups in total. The molecule has 1 aliphatic carbocycles. The molecule has 0 radical (unpaired) electrons. The number of ether oxygens (including phenoxy) is 1. The fourth-order valence-corrected chi connectivity index (χ4v) is 3.79. The van der Waals surface area contributed by atoms with Gasteiger partial charge >= 0.3 is 5.97 Å². The van der Waals surface area contributed by atoms with E-state index in [4.69, 9.17) is 4.74 Å². The second kappa shape index (κ2) is 10.1. The van der Waals surface area contributed by atoms with Crippen molar-refractivity contribution in [3.63, 3.8) is 0 Å². The zero-order chi connectivity index (χ0) is 24.9. The third-order valence-electron chi connectivity index (χ3n) is 5.53. The maximum Gasteiger partial charge on any atom is 0.326 e. The summed E-state index contributed by atoms with van der Waals surface area (Å²) in [7, 11) is 0. The van der Waals surface area contributed by atoms with Gasteiger partial charge in [0.05, 0.1) is 17.7 Å². The molecular formula is C27H22N2O6. The van der Waals surface area contributed by atoms with Crippen LogP contribution in [-0.4, -0.2) is 42.0 Å². The molecule has 0 saturated heterocycles. The van der Waals surface area contributed by atoms with Crippen LogP contribution < -0.4 is 10.6 Å². The van der Waals surface area contributed by atoms with Crippen molar-refractivity contribution in [3.8, 4) is 0 Å². The maximum absolute atomic E-state index is 13.1. The van der Waals surface area contributed by atoms with Gasteiger partial charge in [-0.2, -0.15) is 0 Å². The van der Waals surface area contributed by atoms with E-state index in [1.54, 1.807) is 42.5 Å². The van der Waals surface area contributed by atoms with E-state index in [-0.39, 0.29) is 46.3 Å². The van der Waals surface area contributed by atoms with Gasteiger partial charge in [0.2, 0.25) is 5.91 Å². The summed E-state index contributed by atoms with van der Waals surface area (Å²) in [6.07, 6.45) is -1.09. The van der Waals surface area contributed by atoms with Crippen LogP contribution in [0.15, 0.2) is 72.8 Å². The number of amides is 2. The molecule has 4 rings (SSSR count). The second-order valence-corrected chi connectivity index (χ2v) is 7.99. The van der Waals surface area contributed by atoms with Gasteiger partial charge in [0.1, 0.15) is 6.54 Å². The largest absolute Gasteiger partial charge is 0.451 e. The molecular weight excluding hydrogens is 448 g/mol. The Kier molecular flexibility index (Phi) is 6.82. The number of benzene rings is 3. The lowest BCUT2D eigenvalue weighted by atomic mass is 9.83. The van der Waals surface area contributed by atoms with E-state index in [1.165, 1.54) is 19.1 Å². The number of ketones is 2. The van der Waals surface area contributed by atoms with Crippen LogP contribution >= 0.6 is 0 Å². The second-order valence-electron chi connectivity index (χ2n) is 7.99. The predicted molar refractivity (Wildman–Crippen MR) is 127 cm³/mol. The summed E-state index contributed by atoms with van der Waals surface area (Å²) >= 11 is 0. The lowest BCUT2D eigenvalue weighted by molar-refractivity contribution is -0.152. The number of carbonyl (C=O) groups is 5. The van der Waals surface area contributed by atoms with E-state index >= 15 is 0 Å². The molecule has 1 aliphatic rings. The van der Waals surface area contributed by atoms with Crippen LogP contribution in [-0.2, 0) is 25.5 Å². The SMILES string of the molecule is CC(OC(=O)CNC(=O)Cc1ccccc1)C(=O)Nc1cccc2c1C(=O)c1ccccc1C2=O. The highest BCUT2D eigenvalue weighted by molar-refractivity contribution is 6.30. The highest BCUT2D eigenvalue weighted by atomic mass is 16.5. The van der Waals surface area contributed by atoms with E-state index in [2.05, 4.69) is 10.6 Å². The van der Waals surface area contributed by atoms with Gasteiger partial charge in [-0.1, -0.05) is 66.7 Å². The first-order valence-electron chi connectivity index (χ1n) is 11.0. The Morgan fingerprint density at radius 3 is 2.14 bits per heavy atom. The minimum atomic E-state index is -1.20. The van der Waals surface area contributed by atoms with Gasteiger partial charge in [-0.3, -0.25) is 24.0 Å². The fraction of sp³-hybridized carbons (Fsp3) is 0.148. The number of esters is 1. The summed E-state index contributed by atoms with van der Waals surface area (Å²) in [4.78, 5) is 62.7. The Labute approximate surface area is 201 Å². The predicted octanol–water partition coefficient (Wildman–Crippen LogP) is 2.69. The molecule has 0 aromatic heterocycles. The number of fused-ring (bicyclic) bond motifs is 2. The molecule has 1 atom stereocenters. The minimum absolute atomic E-state index is 0.0938. The van der Waals surface area contributed by atoms with Crippen LogP contribution in [0.2, 0.25) is 0 Å². The summed E-state index contributed by atoms with van der Waals surface area (Å²) < 4.78 is 5.12. The van der Waals surface area contributed by atoms with Crippen molar-refractivity contribution in [1.29, 1.82) is 0 Å². The van der Waals surface area contributed by atoms with Crippen molar-refractivity contribution in [2.45, 2.75) is 19.4 Å². The standard InChI is InChI=1S/C27H22N2O6/c1-16(35-23(31)15-28-22(30)14-17-8-3-2-4-9-17)27(34)29-21-13-7-12-20-24(21)26(33)19-11-6-5-10-18(19)25(20)32/h2-13,16H,14-15H2,1H3,(H,28,30)(H,29,34). The highest BCUT2D eigenvalue weighted by Crippen LogP contribution is 2.32. The molecule has 0 heterocycles. The fourth-order valence-electron chi connectivity index (χ4n) is 3.79. The van der Waals surface area contributed by atoms with Gasteiger partial charge in [0.15, 0.2) is 17.7 Å². The number of carbonyl (C=O) groups excluding carboxylic acids is 5. The Hall–Kier alpha value is -4.59. The minimum Gasteiger partial charge on any atom is -0.451 e. The number of rotatable bonds is 7. The third kappa shape index (κ3) is 5.16. The van der Waals surface area contributed by atoms with Gasteiger partial charge in [-0.25, -0.2) is 0 Å². The van der Waals surface area contributed by atoms with E-state index < -0.39 is 24.5 Å². The van der Waals surface area contributed by atoms with Crippen LogP contribution in [0.1, 0.15) is 44.3 Å². The summed E-state index contributed by atoms with van der Waals surface area (Å²) in [6.45, 7) is 0.977. The summed E-state index contributed by atoms with van der Waals surface area (Å²) in [5.74, 6) is -2.51. The van der Waals surface area contributed by atoms with Gasteiger partial charge in [0.25, 0.3) is 5.91 Å². The van der Waals surface area contributed by atoms with Crippen molar-refractivity contribution in [1.82, 2.24) is 5.32 Å². The molecule has 1 unspecified atom stereocenters. The molecule has 8 nitrogen and oxygen atoms in total. The van der Waals surface area contributed by atoms with Crippen LogP contribution in [0.3, 0.4) is 0 Å². The smallest absolute Gasteiger partial charge is 0.326 e. The van der Waals surface area contributed by atoms with Crippen LogP contribution in [0.5, 0.6) is 0 Å². The molecule has 35 heavy (non-hydrogen) atoms. The molecule has 0 spiro atoms. The average molecular weight is 470 g/mol. The molecule has 0 bridgehead atoms. The van der Waals surface area contributed by atoms with Crippen LogP contribution in [0.4, 0.5) is 5.69 Å². The van der Waals surface area contributed by atoms with Crippen molar-refractivity contribution < 1.29 is 28.7 Å². The highest BCUT2D eigenvalue weighted by Gasteiger charge is 2.32. The lowest BCUT2D eigenvalue weighted by Gasteiger charge is -2.21. The average Bonchev–Trinajstić information content (AvgIpc) is 2.86. The van der Waals surface area contributed by atoms with E-state index in [0.29, 0.717) is 5.56 Å². The zero-order valence-electron chi connectivity index (χ0n) is 18.9. The monoisotopic (exact) mass is 470 g/mol. The first-order chi connectivity index (χ1) is 16.8. The molecule has 2 amide bonds. The lowest BCUT2D eigenvalue weighted by Crippen LogP contribution is -2.36. The quantitative estimate of drug-likeness (QED) is 0.401. The Balaban J connectivity index is 1.37. The normalized spacial score (nSPS) is 12.7. The van der Waals surface area contributed by atoms with Gasteiger partial charge in [-0.15, -0.1) is 0 Å². The van der Waals surface area contributed by atoms with Crippen LogP contribution in [0.25, 0.3) is 0 Å². The van der Waals surface area contributed by atoms with Crippen molar-refractivity contribution in [2.75, 3.05) is 11.9 Å². The Morgan fingerprint density at radius 2 is 1.43 bits per heavy atom. The molecule has 3 aromatic carbocycles. The van der Waals surface area contributed by atoms with Gasteiger partial charge < -0.3 is 15.4 Å². The first kappa shape index (κ1) is 23.6. The molecule has 8 heteroatoms. The number of hydrogen-bond acceptors (Lipinski definition) is 6. The van der Waals surface area contributed by atoms with Gasteiger partial charge in [0, 0.05) is 16.7 Å². The summed E-state index contributed by atoms with van der Waals surface area (Å²) in [6, 6.07) is 20.1. The number of anilines is 1. The third-order valence-corrected chi connectivity index (χ3v) is 5.53. The molecule has 176 valence electrons. The van der Waals surface area contributed by atoms with Crippen molar-refractivity contribution >= 4 is 35.0 Å². The maximum atomic E-state index is 13.1. The number of nitrogens with one attached hydrogen (secondary N) is 2. The zero-order valence-corrected chi connectivity index (χ0v) is 18.9. The molecule has 0 fully saturated rings. The van der Waals surface area contributed by atoms with E-state index in [9.17, 15) is 24.0 Å².